The molecule has 0 aliphatic rings. The first-order valence-corrected chi connectivity index (χ1v) is 24.9. The van der Waals surface area contributed by atoms with Gasteiger partial charge in [0.05, 0.1) is 4.47 Å². The third kappa shape index (κ3) is 20.9. The smallest absolute Gasteiger partial charge is 0.375 e. The summed E-state index contributed by atoms with van der Waals surface area (Å²) in [5, 5.41) is 3.68. The van der Waals surface area contributed by atoms with Crippen molar-refractivity contribution in [2.45, 2.75) is 116 Å². The molecule has 0 fully saturated rings. The van der Waals surface area contributed by atoms with E-state index in [-0.39, 0.29) is 4.47 Å². The van der Waals surface area contributed by atoms with Crippen molar-refractivity contribution in [3.8, 4) is 89.6 Å². The predicted molar refractivity (Wildman–Crippen MR) is 270 cm³/mol. The van der Waals surface area contributed by atoms with E-state index < -0.39 is 21.4 Å². The summed E-state index contributed by atoms with van der Waals surface area (Å²) in [5.74, 6) is 31.4. The molecule has 4 rings (SSSR count). The van der Waals surface area contributed by atoms with E-state index in [1.54, 1.807) is 6.07 Å². The number of hydrogen-bond donors (Lipinski definition) is 0. The van der Waals surface area contributed by atoms with Gasteiger partial charge in [-0.2, -0.15) is 21.6 Å². The average Bonchev–Trinajstić information content (AvgIpc) is 3.23. The van der Waals surface area contributed by atoms with Crippen molar-refractivity contribution in [1.82, 2.24) is 0 Å². The Kier molecular flexibility index (Phi) is 26.2. The van der Waals surface area contributed by atoms with Crippen molar-refractivity contribution in [2.75, 3.05) is 0 Å². The van der Waals surface area contributed by atoms with E-state index in [1.165, 1.54) is 100.0 Å². The van der Waals surface area contributed by atoms with Crippen LogP contribution in [0.3, 0.4) is 0 Å². The minimum atomic E-state index is -5.70. The molecular weight excluding hydrogens is 1080 g/mol. The zero-order valence-electron chi connectivity index (χ0n) is 35.5. The summed E-state index contributed by atoms with van der Waals surface area (Å²) in [4.78, 5) is 0. The van der Waals surface area contributed by atoms with Gasteiger partial charge in [-0.25, -0.2) is 0 Å². The highest BCUT2D eigenvalue weighted by Crippen LogP contribution is 2.36. The van der Waals surface area contributed by atoms with Gasteiger partial charge in [-0.3, -0.25) is 0 Å². The molecule has 328 valence electrons. The number of hydrogen-bond acceptors (Lipinski definition) is 3. The topological polar surface area (TPSA) is 43.4 Å². The molecule has 0 unspecified atom stereocenters. The number of halogens is 7. The normalized spacial score (nSPS) is 10.1. The lowest BCUT2D eigenvalue weighted by Crippen LogP contribution is -2.28. The van der Waals surface area contributed by atoms with E-state index in [9.17, 15) is 21.6 Å². The van der Waals surface area contributed by atoms with Crippen LogP contribution in [0.5, 0.6) is 5.75 Å². The number of fused-ring (bicyclic) bond motifs is 2. The first-order valence-electron chi connectivity index (χ1n) is 20.3. The van der Waals surface area contributed by atoms with Crippen molar-refractivity contribution in [2.24, 2.45) is 0 Å². The van der Waals surface area contributed by atoms with Gasteiger partial charge in [0.25, 0.3) is 0 Å². The van der Waals surface area contributed by atoms with Crippen molar-refractivity contribution >= 4 is 95.4 Å². The van der Waals surface area contributed by atoms with Gasteiger partial charge in [0.15, 0.2) is 5.75 Å². The lowest BCUT2D eigenvalue weighted by atomic mass is 10.0. The maximum absolute atomic E-state index is 12.3. The van der Waals surface area contributed by atoms with Crippen molar-refractivity contribution in [1.29, 1.82) is 0 Å². The molecule has 11 heteroatoms. The molecule has 0 radical (unpaired) electrons. The first-order chi connectivity index (χ1) is 30.1. The van der Waals surface area contributed by atoms with Crippen LogP contribution >= 0.6 is 63.7 Å². The standard InChI is InChI=1S/C30H38Br2.C12H7Br2F3O3S.C10H2/c1-3-5-7-9-11-13-15-17-19-25-21-27-24-30(32)26(22-28(27)23-29(25)31)20-18-16-14-12-10-8-6-4-2;1-6-2-7-4-10(14)11(5-8(7)3-9(6)13)20-21(18,19)12(15,16)17;1-3-5-7-9-10-8-6-4-2/h21-24H,3-16H2,1-2H3;2-5H,1H3;1-2H. The molecule has 0 spiro atoms. The number of benzene rings is 4. The number of terminal acetylenes is 2. The fourth-order valence-corrected chi connectivity index (χ4v) is 7.90. The Hall–Kier alpha value is -4.22. The van der Waals surface area contributed by atoms with E-state index in [2.05, 4.69) is 177 Å². The summed E-state index contributed by atoms with van der Waals surface area (Å²) >= 11 is 13.8. The van der Waals surface area contributed by atoms with E-state index in [0.717, 1.165) is 48.3 Å². The van der Waals surface area contributed by atoms with Crippen LogP contribution in [0.25, 0.3) is 21.5 Å². The molecule has 0 atom stereocenters. The molecular formula is C52H47Br4F3O3S. The Bertz CT molecular complexity index is 2590. The van der Waals surface area contributed by atoms with E-state index in [1.807, 2.05) is 13.0 Å². The highest BCUT2D eigenvalue weighted by atomic mass is 79.9. The van der Waals surface area contributed by atoms with Crippen LogP contribution in [0, 0.1) is 90.8 Å². The minimum absolute atomic E-state index is 0.115. The van der Waals surface area contributed by atoms with Crippen LogP contribution < -0.4 is 4.18 Å². The lowest BCUT2D eigenvalue weighted by Gasteiger charge is -2.12. The van der Waals surface area contributed by atoms with Crippen LogP contribution in [-0.4, -0.2) is 13.9 Å². The predicted octanol–water partition coefficient (Wildman–Crippen LogP) is 15.7. The molecule has 0 bridgehead atoms. The Morgan fingerprint density at radius 2 is 0.921 bits per heavy atom. The second-order valence-electron chi connectivity index (χ2n) is 13.9. The molecule has 0 aliphatic heterocycles. The Morgan fingerprint density at radius 3 is 1.37 bits per heavy atom. The number of rotatable bonds is 14. The van der Waals surface area contributed by atoms with Gasteiger partial charge >= 0.3 is 15.6 Å². The largest absolute Gasteiger partial charge is 0.534 e. The van der Waals surface area contributed by atoms with Gasteiger partial charge < -0.3 is 4.18 Å². The number of unbranched alkanes of at least 4 members (excludes halogenated alkanes) is 12. The van der Waals surface area contributed by atoms with Crippen LogP contribution in [0.4, 0.5) is 13.2 Å². The molecule has 4 aromatic rings. The van der Waals surface area contributed by atoms with Gasteiger partial charge in [0.2, 0.25) is 0 Å². The number of alkyl halides is 3. The number of aryl methyl sites for hydroxylation is 1. The van der Waals surface area contributed by atoms with E-state index in [0.29, 0.717) is 5.39 Å². The monoisotopic (exact) mass is 1120 g/mol. The van der Waals surface area contributed by atoms with Crippen LogP contribution in [0.15, 0.2) is 66.4 Å². The van der Waals surface area contributed by atoms with Gasteiger partial charge in [-0.05, 0) is 184 Å². The zero-order chi connectivity index (χ0) is 46.7. The van der Waals surface area contributed by atoms with Crippen LogP contribution in [0.1, 0.15) is 120 Å². The molecule has 63 heavy (non-hydrogen) atoms. The second kappa shape index (κ2) is 30.0. The quantitative estimate of drug-likeness (QED) is 0.0547. The second-order valence-corrected chi connectivity index (χ2v) is 18.9. The third-order valence-corrected chi connectivity index (χ3v) is 12.6. The van der Waals surface area contributed by atoms with Gasteiger partial charge in [0, 0.05) is 37.4 Å². The highest BCUT2D eigenvalue weighted by molar-refractivity contribution is 9.11. The Balaban J connectivity index is 0.000000375. The summed E-state index contributed by atoms with van der Waals surface area (Å²) in [6.45, 7) is 6.38. The van der Waals surface area contributed by atoms with E-state index >= 15 is 0 Å². The summed E-state index contributed by atoms with van der Waals surface area (Å²) in [5.41, 5.74) is -2.41. The first kappa shape index (κ1) is 54.9. The van der Waals surface area contributed by atoms with Crippen molar-refractivity contribution in [3.05, 3.63) is 83.1 Å². The zero-order valence-corrected chi connectivity index (χ0v) is 42.6. The lowest BCUT2D eigenvalue weighted by molar-refractivity contribution is -0.0500. The third-order valence-electron chi connectivity index (χ3n) is 8.88. The summed E-state index contributed by atoms with van der Waals surface area (Å²) in [7, 11) is -5.70. The van der Waals surface area contributed by atoms with Gasteiger partial charge in [0.1, 0.15) is 0 Å². The van der Waals surface area contributed by atoms with Gasteiger partial charge in [-0.15, -0.1) is 12.8 Å². The molecule has 3 nitrogen and oxygen atoms in total. The molecule has 0 saturated carbocycles. The molecule has 0 heterocycles. The average molecular weight is 1130 g/mol. The fraction of sp³-hybridized carbons (Fsp3) is 0.346. The molecule has 0 saturated heterocycles. The molecule has 0 aliphatic carbocycles. The molecule has 0 aromatic heterocycles. The maximum atomic E-state index is 12.3. The summed E-state index contributed by atoms with van der Waals surface area (Å²) in [6, 6.07) is 14.9. The molecule has 0 N–H and O–H groups in total. The Labute approximate surface area is 406 Å². The van der Waals surface area contributed by atoms with Crippen LogP contribution in [0.2, 0.25) is 0 Å². The van der Waals surface area contributed by atoms with E-state index in [4.69, 9.17) is 12.8 Å². The minimum Gasteiger partial charge on any atom is -0.375 e. The highest BCUT2D eigenvalue weighted by Gasteiger charge is 2.48. The summed E-state index contributed by atoms with van der Waals surface area (Å²) < 4.78 is 66.3. The fourth-order valence-electron chi connectivity index (χ4n) is 5.60. The SMILES string of the molecule is C#CC#CC#CC#CC#C.CCCCCCCCC#Cc1cc2cc(Br)c(C#CCCCCCCCC)cc2cc1Br.Cc1cc2cc(Br)c(OS(=O)(=O)C(F)(F)F)cc2cc1Br. The van der Waals surface area contributed by atoms with Crippen molar-refractivity contribution < 1.29 is 25.8 Å². The maximum Gasteiger partial charge on any atom is 0.534 e. The summed E-state index contributed by atoms with van der Waals surface area (Å²) in [6.07, 6.45) is 27.3. The molecule has 4 aromatic carbocycles. The Morgan fingerprint density at radius 1 is 0.540 bits per heavy atom. The van der Waals surface area contributed by atoms with Crippen molar-refractivity contribution in [3.63, 3.8) is 0 Å². The van der Waals surface area contributed by atoms with Gasteiger partial charge in [-0.1, -0.05) is 124 Å². The molecule has 0 amide bonds. The van der Waals surface area contributed by atoms with Crippen LogP contribution in [-0.2, 0) is 10.1 Å².